The first-order valence-corrected chi connectivity index (χ1v) is 7.79. The van der Waals surface area contributed by atoms with Crippen LogP contribution in [0, 0.1) is 0 Å². The Balaban J connectivity index is 1.71. The van der Waals surface area contributed by atoms with Gasteiger partial charge in [0.05, 0.1) is 12.2 Å². The van der Waals surface area contributed by atoms with Crippen LogP contribution in [0.1, 0.15) is 41.9 Å². The highest BCUT2D eigenvalue weighted by Gasteiger charge is 2.19. The highest BCUT2D eigenvalue weighted by atomic mass is 16.2. The molecule has 6 nitrogen and oxygen atoms in total. The minimum atomic E-state index is -0.207. The summed E-state index contributed by atoms with van der Waals surface area (Å²) in [5.41, 5.74) is 2.32. The van der Waals surface area contributed by atoms with E-state index < -0.39 is 0 Å². The third-order valence-electron chi connectivity index (χ3n) is 4.07. The summed E-state index contributed by atoms with van der Waals surface area (Å²) in [6, 6.07) is 8.15. The topological polar surface area (TPSA) is 71.8 Å². The number of carbonyl (C=O) groups excluding carboxylic acids is 1. The molecule has 1 amide bonds. The second-order valence-corrected chi connectivity index (χ2v) is 5.53. The normalized spacial score (nSPS) is 15.7. The maximum absolute atomic E-state index is 12.3. The number of aryl methyl sites for hydroxylation is 1. The van der Waals surface area contributed by atoms with Crippen LogP contribution in [-0.2, 0) is 6.42 Å². The van der Waals surface area contributed by atoms with Gasteiger partial charge in [-0.1, -0.05) is 30.3 Å². The lowest BCUT2D eigenvalue weighted by Gasteiger charge is -2.22. The molecule has 1 aromatic carbocycles. The van der Waals surface area contributed by atoms with E-state index in [4.69, 9.17) is 0 Å². The van der Waals surface area contributed by atoms with Crippen molar-refractivity contribution in [3.63, 3.8) is 0 Å². The average molecular weight is 299 g/mol. The maximum Gasteiger partial charge on any atom is 0.277 e. The number of amides is 1. The van der Waals surface area contributed by atoms with E-state index in [9.17, 15) is 4.79 Å². The quantitative estimate of drug-likeness (QED) is 0.906. The Morgan fingerprint density at radius 1 is 1.36 bits per heavy atom. The molecule has 1 aliphatic heterocycles. The molecule has 2 aromatic rings. The Bertz CT molecular complexity index is 645. The molecule has 22 heavy (non-hydrogen) atoms. The van der Waals surface area contributed by atoms with Crippen molar-refractivity contribution in [1.82, 2.24) is 20.3 Å². The highest BCUT2D eigenvalue weighted by molar-refractivity contribution is 6.03. The number of benzene rings is 1. The van der Waals surface area contributed by atoms with Gasteiger partial charge in [-0.15, -0.1) is 5.10 Å². The number of anilines is 1. The van der Waals surface area contributed by atoms with Gasteiger partial charge in [-0.2, -0.15) is 0 Å². The van der Waals surface area contributed by atoms with E-state index in [1.54, 1.807) is 6.20 Å². The predicted molar refractivity (Wildman–Crippen MR) is 84.9 cm³/mol. The second-order valence-electron chi connectivity index (χ2n) is 5.53. The molecule has 0 spiro atoms. The third kappa shape index (κ3) is 3.17. The molecule has 0 bridgehead atoms. The number of hydrogen-bond donors (Lipinski definition) is 2. The minimum Gasteiger partial charge on any atom is -0.320 e. The molecule has 1 fully saturated rings. The lowest BCUT2D eigenvalue weighted by Crippen LogP contribution is -2.29. The van der Waals surface area contributed by atoms with Crippen LogP contribution in [0.3, 0.4) is 0 Å². The van der Waals surface area contributed by atoms with Crippen LogP contribution in [0.15, 0.2) is 30.5 Å². The van der Waals surface area contributed by atoms with Crippen LogP contribution in [0.5, 0.6) is 0 Å². The number of rotatable bonds is 4. The molecule has 6 heteroatoms. The Morgan fingerprint density at radius 2 is 2.14 bits per heavy atom. The summed E-state index contributed by atoms with van der Waals surface area (Å²) in [7, 11) is 0. The number of nitrogens with one attached hydrogen (secondary N) is 2. The van der Waals surface area contributed by atoms with Gasteiger partial charge in [0.15, 0.2) is 5.69 Å². The summed E-state index contributed by atoms with van der Waals surface area (Å²) >= 11 is 0. The monoisotopic (exact) mass is 299 g/mol. The van der Waals surface area contributed by atoms with Crippen molar-refractivity contribution in [3.8, 4) is 0 Å². The van der Waals surface area contributed by atoms with Crippen molar-refractivity contribution < 1.29 is 4.79 Å². The van der Waals surface area contributed by atoms with Crippen LogP contribution in [0.4, 0.5) is 5.69 Å². The maximum atomic E-state index is 12.3. The average Bonchev–Trinajstić information content (AvgIpc) is 3.06. The van der Waals surface area contributed by atoms with Gasteiger partial charge in [0.25, 0.3) is 5.91 Å². The molecule has 3 rings (SSSR count). The Kier molecular flexibility index (Phi) is 4.48. The molecule has 1 aromatic heterocycles. The fraction of sp³-hybridized carbons (Fsp3) is 0.438. The van der Waals surface area contributed by atoms with Crippen molar-refractivity contribution in [2.45, 2.75) is 32.2 Å². The molecule has 2 N–H and O–H groups in total. The van der Waals surface area contributed by atoms with Gasteiger partial charge in [-0.05, 0) is 44.0 Å². The molecule has 0 atom stereocenters. The van der Waals surface area contributed by atoms with Gasteiger partial charge >= 0.3 is 0 Å². The molecule has 2 heterocycles. The van der Waals surface area contributed by atoms with E-state index in [1.165, 1.54) is 0 Å². The zero-order chi connectivity index (χ0) is 15.4. The summed E-state index contributed by atoms with van der Waals surface area (Å²) < 4.78 is 1.82. The van der Waals surface area contributed by atoms with E-state index in [2.05, 4.69) is 27.9 Å². The van der Waals surface area contributed by atoms with Crippen LogP contribution < -0.4 is 10.6 Å². The molecule has 0 unspecified atom stereocenters. The Hall–Kier alpha value is -2.21. The van der Waals surface area contributed by atoms with Gasteiger partial charge in [-0.25, -0.2) is 4.68 Å². The number of para-hydroxylation sites is 1. The predicted octanol–water partition coefficient (Wildman–Crippen LogP) is 2.02. The molecule has 0 saturated carbocycles. The molecule has 0 radical (unpaired) electrons. The Labute approximate surface area is 129 Å². The summed E-state index contributed by atoms with van der Waals surface area (Å²) in [6.07, 6.45) is 4.66. The minimum absolute atomic E-state index is 0.207. The lowest BCUT2D eigenvalue weighted by atomic mass is 10.1. The Morgan fingerprint density at radius 3 is 2.91 bits per heavy atom. The van der Waals surface area contributed by atoms with Crippen molar-refractivity contribution in [1.29, 1.82) is 0 Å². The molecule has 116 valence electrons. The van der Waals surface area contributed by atoms with E-state index in [0.717, 1.165) is 43.6 Å². The number of hydrogen-bond acceptors (Lipinski definition) is 4. The number of piperidine rings is 1. The van der Waals surface area contributed by atoms with E-state index in [-0.39, 0.29) is 5.91 Å². The van der Waals surface area contributed by atoms with Crippen molar-refractivity contribution in [3.05, 3.63) is 41.7 Å². The number of nitrogens with zero attached hydrogens (tertiary/aromatic N) is 3. The lowest BCUT2D eigenvalue weighted by molar-refractivity contribution is 0.102. The first-order chi connectivity index (χ1) is 10.8. The van der Waals surface area contributed by atoms with Crippen LogP contribution in [0.2, 0.25) is 0 Å². The van der Waals surface area contributed by atoms with Gasteiger partial charge in [0, 0.05) is 5.69 Å². The van der Waals surface area contributed by atoms with Crippen LogP contribution >= 0.6 is 0 Å². The third-order valence-corrected chi connectivity index (χ3v) is 4.07. The summed E-state index contributed by atoms with van der Waals surface area (Å²) in [5, 5.41) is 14.4. The van der Waals surface area contributed by atoms with Crippen molar-refractivity contribution in [2.75, 3.05) is 18.4 Å². The fourth-order valence-electron chi connectivity index (χ4n) is 2.77. The van der Waals surface area contributed by atoms with E-state index >= 15 is 0 Å². The van der Waals surface area contributed by atoms with Crippen LogP contribution in [0.25, 0.3) is 0 Å². The van der Waals surface area contributed by atoms with Gasteiger partial charge < -0.3 is 10.6 Å². The zero-order valence-corrected chi connectivity index (χ0v) is 12.7. The van der Waals surface area contributed by atoms with Gasteiger partial charge in [0.1, 0.15) is 0 Å². The van der Waals surface area contributed by atoms with Gasteiger partial charge in [0.2, 0.25) is 0 Å². The largest absolute Gasteiger partial charge is 0.320 e. The van der Waals surface area contributed by atoms with Crippen molar-refractivity contribution >= 4 is 11.6 Å². The highest BCUT2D eigenvalue weighted by Crippen LogP contribution is 2.19. The van der Waals surface area contributed by atoms with E-state index in [1.807, 2.05) is 28.9 Å². The molecular formula is C16H21N5O. The first-order valence-electron chi connectivity index (χ1n) is 7.79. The SMILES string of the molecule is CCc1ccccc1NC(=O)c1cn(C2CCNCC2)nn1. The fourth-order valence-corrected chi connectivity index (χ4v) is 2.77. The molecule has 1 aliphatic rings. The smallest absolute Gasteiger partial charge is 0.277 e. The first kappa shape index (κ1) is 14.7. The summed E-state index contributed by atoms with van der Waals surface area (Å²) in [6.45, 7) is 4.03. The number of carbonyl (C=O) groups is 1. The zero-order valence-electron chi connectivity index (χ0n) is 12.7. The number of aromatic nitrogens is 3. The summed E-state index contributed by atoms with van der Waals surface area (Å²) in [4.78, 5) is 12.3. The molecule has 0 aliphatic carbocycles. The standard InChI is InChI=1S/C16H21N5O/c1-2-12-5-3-4-6-14(12)18-16(22)15-11-21(20-19-15)13-7-9-17-10-8-13/h3-6,11,13,17H,2,7-10H2,1H3,(H,18,22). The second kappa shape index (κ2) is 6.70. The van der Waals surface area contributed by atoms with E-state index in [0.29, 0.717) is 11.7 Å². The van der Waals surface area contributed by atoms with Crippen molar-refractivity contribution in [2.24, 2.45) is 0 Å². The van der Waals surface area contributed by atoms with Gasteiger partial charge in [-0.3, -0.25) is 4.79 Å². The summed E-state index contributed by atoms with van der Waals surface area (Å²) in [5.74, 6) is -0.207. The molecular weight excluding hydrogens is 278 g/mol. The van der Waals surface area contributed by atoms with Crippen LogP contribution in [-0.4, -0.2) is 34.0 Å². The molecule has 1 saturated heterocycles.